The van der Waals surface area contributed by atoms with Crippen LogP contribution in [-0.2, 0) is 19.1 Å². The van der Waals surface area contributed by atoms with E-state index in [1.54, 1.807) is 0 Å². The molecule has 0 aromatic heterocycles. The molecule has 89 valence electrons. The Balaban J connectivity index is 0. The van der Waals surface area contributed by atoms with Crippen molar-refractivity contribution in [1.82, 2.24) is 0 Å². The Bertz CT molecular complexity index is 174. The molecular formula is C11H20NaO4. The van der Waals surface area contributed by atoms with Gasteiger partial charge in [-0.2, -0.15) is 0 Å². The largest absolute Gasteiger partial charge is 0.465 e. The number of hydrogen-bond donors (Lipinski definition) is 0. The SMILES string of the molecule is CCCCOC(=O)CC(=O)OCCCC.[Na]. The molecule has 0 rings (SSSR count). The Labute approximate surface area is 119 Å². The van der Waals surface area contributed by atoms with Crippen LogP contribution in [0.5, 0.6) is 0 Å². The molecule has 4 nitrogen and oxygen atoms in total. The molecule has 0 aliphatic heterocycles. The second-order valence-electron chi connectivity index (χ2n) is 3.32. The van der Waals surface area contributed by atoms with Crippen molar-refractivity contribution in [3.05, 3.63) is 0 Å². The fourth-order valence-electron chi connectivity index (χ4n) is 0.881. The third kappa shape index (κ3) is 12.0. The van der Waals surface area contributed by atoms with Gasteiger partial charge in [0.15, 0.2) is 0 Å². The van der Waals surface area contributed by atoms with Gasteiger partial charge >= 0.3 is 11.9 Å². The van der Waals surface area contributed by atoms with Crippen molar-refractivity contribution in [2.24, 2.45) is 0 Å². The first-order valence-corrected chi connectivity index (χ1v) is 5.52. The fraction of sp³-hybridized carbons (Fsp3) is 0.818. The molecule has 0 unspecified atom stereocenters. The minimum atomic E-state index is -0.495. The van der Waals surface area contributed by atoms with Crippen molar-refractivity contribution >= 4 is 41.5 Å². The van der Waals surface area contributed by atoms with Crippen LogP contribution < -0.4 is 0 Å². The summed E-state index contributed by atoms with van der Waals surface area (Å²) in [7, 11) is 0. The Hall–Kier alpha value is -0.0600. The van der Waals surface area contributed by atoms with Gasteiger partial charge in [0.2, 0.25) is 0 Å². The van der Waals surface area contributed by atoms with Crippen LogP contribution in [0, 0.1) is 0 Å². The summed E-state index contributed by atoms with van der Waals surface area (Å²) < 4.78 is 9.64. The van der Waals surface area contributed by atoms with E-state index in [1.165, 1.54) is 0 Å². The third-order valence-corrected chi connectivity index (χ3v) is 1.81. The van der Waals surface area contributed by atoms with E-state index in [2.05, 4.69) is 0 Å². The maximum atomic E-state index is 11.0. The number of ether oxygens (including phenoxy) is 2. The van der Waals surface area contributed by atoms with Gasteiger partial charge in [-0.3, -0.25) is 9.59 Å². The van der Waals surface area contributed by atoms with Gasteiger partial charge in [-0.05, 0) is 12.8 Å². The Morgan fingerprint density at radius 1 is 0.875 bits per heavy atom. The molecule has 0 heterocycles. The van der Waals surface area contributed by atoms with Gasteiger partial charge in [-0.1, -0.05) is 26.7 Å². The smallest absolute Gasteiger partial charge is 0.317 e. The van der Waals surface area contributed by atoms with Crippen molar-refractivity contribution in [1.29, 1.82) is 0 Å². The van der Waals surface area contributed by atoms with Crippen molar-refractivity contribution in [2.45, 2.75) is 46.0 Å². The Morgan fingerprint density at radius 3 is 1.56 bits per heavy atom. The van der Waals surface area contributed by atoms with Crippen LogP contribution >= 0.6 is 0 Å². The van der Waals surface area contributed by atoms with Gasteiger partial charge in [-0.15, -0.1) is 0 Å². The summed E-state index contributed by atoms with van der Waals surface area (Å²) in [6.45, 7) is 4.79. The van der Waals surface area contributed by atoms with Crippen LogP contribution in [0.4, 0.5) is 0 Å². The van der Waals surface area contributed by atoms with Crippen LogP contribution in [0.3, 0.4) is 0 Å². The first-order chi connectivity index (χ1) is 7.20. The molecule has 0 fully saturated rings. The second-order valence-corrected chi connectivity index (χ2v) is 3.32. The normalized spacial score (nSPS) is 9.12. The zero-order chi connectivity index (χ0) is 11.5. The molecule has 0 amide bonds. The molecule has 0 bridgehead atoms. The average Bonchev–Trinajstić information content (AvgIpc) is 2.18. The van der Waals surface area contributed by atoms with E-state index in [0.717, 1.165) is 25.7 Å². The van der Waals surface area contributed by atoms with Gasteiger partial charge in [0, 0.05) is 29.6 Å². The first-order valence-electron chi connectivity index (χ1n) is 5.52. The van der Waals surface area contributed by atoms with Crippen molar-refractivity contribution in [3.8, 4) is 0 Å². The molecule has 0 saturated heterocycles. The first kappa shape index (κ1) is 18.3. The number of esters is 2. The summed E-state index contributed by atoms with van der Waals surface area (Å²) in [5.74, 6) is -0.991. The number of carbonyl (C=O) groups is 2. The predicted octanol–water partition coefficient (Wildman–Crippen LogP) is 1.68. The van der Waals surface area contributed by atoms with E-state index >= 15 is 0 Å². The van der Waals surface area contributed by atoms with Crippen molar-refractivity contribution in [3.63, 3.8) is 0 Å². The monoisotopic (exact) mass is 239 g/mol. The molecule has 1 radical (unpaired) electrons. The summed E-state index contributed by atoms with van der Waals surface area (Å²) in [5.41, 5.74) is 0. The van der Waals surface area contributed by atoms with Gasteiger partial charge < -0.3 is 9.47 Å². The number of rotatable bonds is 8. The minimum Gasteiger partial charge on any atom is -0.465 e. The van der Waals surface area contributed by atoms with E-state index in [0.29, 0.717) is 13.2 Å². The summed E-state index contributed by atoms with van der Waals surface area (Å²) in [4.78, 5) is 22.1. The Kier molecular flexibility index (Phi) is 14.9. The molecular weight excluding hydrogens is 219 g/mol. The van der Waals surface area contributed by atoms with E-state index in [1.807, 2.05) is 13.8 Å². The molecule has 0 aliphatic carbocycles. The standard InChI is InChI=1S/C11H20O4.Na/c1-3-5-7-14-10(12)9-11(13)15-8-6-4-2;/h3-9H2,1-2H3;. The maximum Gasteiger partial charge on any atom is 0.317 e. The molecule has 0 aromatic rings. The molecule has 0 saturated carbocycles. The quantitative estimate of drug-likeness (QED) is 0.280. The summed E-state index contributed by atoms with van der Waals surface area (Å²) >= 11 is 0. The van der Waals surface area contributed by atoms with E-state index in [9.17, 15) is 9.59 Å². The van der Waals surface area contributed by atoms with Gasteiger partial charge in [0.25, 0.3) is 0 Å². The zero-order valence-electron chi connectivity index (χ0n) is 10.6. The van der Waals surface area contributed by atoms with E-state index in [-0.39, 0.29) is 36.0 Å². The van der Waals surface area contributed by atoms with Crippen LogP contribution in [-0.4, -0.2) is 54.7 Å². The maximum absolute atomic E-state index is 11.0. The van der Waals surface area contributed by atoms with Gasteiger partial charge in [0.05, 0.1) is 13.2 Å². The zero-order valence-corrected chi connectivity index (χ0v) is 12.6. The molecule has 0 spiro atoms. The summed E-state index contributed by atoms with van der Waals surface area (Å²) in [6.07, 6.45) is 3.32. The predicted molar refractivity (Wildman–Crippen MR) is 62.1 cm³/mol. The van der Waals surface area contributed by atoms with Crippen LogP contribution in [0.2, 0.25) is 0 Å². The topological polar surface area (TPSA) is 52.6 Å². The van der Waals surface area contributed by atoms with Gasteiger partial charge in [0.1, 0.15) is 6.42 Å². The molecule has 5 heteroatoms. The number of carbonyl (C=O) groups excluding carboxylic acids is 2. The number of unbranched alkanes of at least 4 members (excludes halogenated alkanes) is 2. The fourth-order valence-corrected chi connectivity index (χ4v) is 0.881. The van der Waals surface area contributed by atoms with Gasteiger partial charge in [-0.25, -0.2) is 0 Å². The van der Waals surface area contributed by atoms with Crippen LogP contribution in [0.25, 0.3) is 0 Å². The molecule has 0 N–H and O–H groups in total. The summed E-state index contributed by atoms with van der Waals surface area (Å²) in [5, 5.41) is 0. The number of hydrogen-bond acceptors (Lipinski definition) is 4. The molecule has 0 aliphatic rings. The molecule has 16 heavy (non-hydrogen) atoms. The second kappa shape index (κ2) is 13.0. The van der Waals surface area contributed by atoms with E-state index in [4.69, 9.17) is 9.47 Å². The minimum absolute atomic E-state index is 0. The van der Waals surface area contributed by atoms with Crippen molar-refractivity contribution < 1.29 is 19.1 Å². The Morgan fingerprint density at radius 2 is 1.25 bits per heavy atom. The third-order valence-electron chi connectivity index (χ3n) is 1.81. The van der Waals surface area contributed by atoms with Crippen molar-refractivity contribution in [2.75, 3.05) is 13.2 Å². The summed E-state index contributed by atoms with van der Waals surface area (Å²) in [6, 6.07) is 0. The molecule has 0 atom stereocenters. The van der Waals surface area contributed by atoms with Crippen LogP contribution in [0.1, 0.15) is 46.0 Å². The van der Waals surface area contributed by atoms with Crippen LogP contribution in [0.15, 0.2) is 0 Å². The van der Waals surface area contributed by atoms with E-state index < -0.39 is 11.9 Å². The molecule has 0 aromatic carbocycles. The average molecular weight is 239 g/mol.